The van der Waals surface area contributed by atoms with Gasteiger partial charge in [0, 0.05) is 12.5 Å². The van der Waals surface area contributed by atoms with Crippen molar-refractivity contribution in [2.75, 3.05) is 0 Å². The van der Waals surface area contributed by atoms with E-state index in [1.165, 1.54) is 38.5 Å². The van der Waals surface area contributed by atoms with E-state index in [2.05, 4.69) is 18.2 Å². The SMILES string of the molecule is C#CCC(N)C(=O)N[C@H](C)C1CCCCCC1. The fourth-order valence-electron chi connectivity index (χ4n) is 2.48. The van der Waals surface area contributed by atoms with Crippen LogP contribution < -0.4 is 11.1 Å². The van der Waals surface area contributed by atoms with Gasteiger partial charge in [-0.15, -0.1) is 12.3 Å². The van der Waals surface area contributed by atoms with Gasteiger partial charge in [0.2, 0.25) is 5.91 Å². The Labute approximate surface area is 105 Å². The minimum Gasteiger partial charge on any atom is -0.352 e. The van der Waals surface area contributed by atoms with Crippen molar-refractivity contribution in [3.8, 4) is 12.3 Å². The van der Waals surface area contributed by atoms with Crippen molar-refractivity contribution in [2.24, 2.45) is 11.7 Å². The van der Waals surface area contributed by atoms with E-state index in [9.17, 15) is 4.79 Å². The van der Waals surface area contributed by atoms with Gasteiger partial charge in [-0.05, 0) is 25.7 Å². The van der Waals surface area contributed by atoms with Crippen molar-refractivity contribution in [1.82, 2.24) is 5.32 Å². The summed E-state index contributed by atoms with van der Waals surface area (Å²) in [6, 6.07) is -0.349. The zero-order valence-corrected chi connectivity index (χ0v) is 10.7. The second kappa shape index (κ2) is 7.34. The third kappa shape index (κ3) is 4.79. The van der Waals surface area contributed by atoms with Crippen LogP contribution in [0.2, 0.25) is 0 Å². The minimum atomic E-state index is -0.562. The third-order valence-electron chi connectivity index (χ3n) is 3.65. The number of nitrogens with two attached hydrogens (primary N) is 1. The lowest BCUT2D eigenvalue weighted by Crippen LogP contribution is -2.46. The molecule has 96 valence electrons. The Hall–Kier alpha value is -1.01. The van der Waals surface area contributed by atoms with Gasteiger partial charge in [0.05, 0.1) is 6.04 Å². The van der Waals surface area contributed by atoms with Crippen LogP contribution in [0.5, 0.6) is 0 Å². The molecule has 0 heterocycles. The average Bonchev–Trinajstić information content (AvgIpc) is 2.57. The predicted octanol–water partition coefficient (Wildman–Crippen LogP) is 1.81. The number of carbonyl (C=O) groups excluding carboxylic acids is 1. The highest BCUT2D eigenvalue weighted by molar-refractivity contribution is 5.82. The van der Waals surface area contributed by atoms with Crippen molar-refractivity contribution in [3.05, 3.63) is 0 Å². The number of nitrogens with one attached hydrogen (secondary N) is 1. The number of hydrogen-bond acceptors (Lipinski definition) is 2. The fourth-order valence-corrected chi connectivity index (χ4v) is 2.48. The number of hydrogen-bond donors (Lipinski definition) is 2. The highest BCUT2D eigenvalue weighted by Crippen LogP contribution is 2.25. The maximum absolute atomic E-state index is 11.7. The molecule has 3 heteroatoms. The van der Waals surface area contributed by atoms with E-state index in [4.69, 9.17) is 12.2 Å². The summed E-state index contributed by atoms with van der Waals surface area (Å²) in [6.07, 6.45) is 13.1. The second-order valence-electron chi connectivity index (χ2n) is 5.06. The Morgan fingerprint density at radius 1 is 1.41 bits per heavy atom. The van der Waals surface area contributed by atoms with Crippen LogP contribution in [-0.4, -0.2) is 18.0 Å². The molecule has 1 aliphatic rings. The van der Waals surface area contributed by atoms with Gasteiger partial charge in [-0.1, -0.05) is 25.7 Å². The first-order valence-corrected chi connectivity index (χ1v) is 6.64. The molecule has 0 saturated heterocycles. The van der Waals surface area contributed by atoms with Crippen LogP contribution in [0.1, 0.15) is 51.9 Å². The highest BCUT2D eigenvalue weighted by Gasteiger charge is 2.22. The lowest BCUT2D eigenvalue weighted by atomic mass is 9.93. The summed E-state index contributed by atoms with van der Waals surface area (Å²) in [5.41, 5.74) is 5.68. The van der Waals surface area contributed by atoms with Crippen molar-refractivity contribution in [2.45, 2.75) is 64.0 Å². The molecule has 1 amide bonds. The van der Waals surface area contributed by atoms with Crippen LogP contribution in [-0.2, 0) is 4.79 Å². The van der Waals surface area contributed by atoms with Crippen molar-refractivity contribution in [3.63, 3.8) is 0 Å². The largest absolute Gasteiger partial charge is 0.352 e. The van der Waals surface area contributed by atoms with E-state index >= 15 is 0 Å². The van der Waals surface area contributed by atoms with Crippen molar-refractivity contribution >= 4 is 5.91 Å². The maximum Gasteiger partial charge on any atom is 0.238 e. The molecular weight excluding hydrogens is 212 g/mol. The zero-order valence-electron chi connectivity index (χ0n) is 10.7. The molecule has 1 fully saturated rings. The summed E-state index contributed by atoms with van der Waals surface area (Å²) in [5.74, 6) is 2.91. The summed E-state index contributed by atoms with van der Waals surface area (Å²) < 4.78 is 0. The van der Waals surface area contributed by atoms with E-state index in [1.54, 1.807) is 0 Å². The number of rotatable bonds is 4. The lowest BCUT2D eigenvalue weighted by Gasteiger charge is -2.24. The molecule has 0 aliphatic heterocycles. The van der Waals surface area contributed by atoms with Crippen molar-refractivity contribution < 1.29 is 4.79 Å². The Bertz CT molecular complexity index is 274. The van der Waals surface area contributed by atoms with E-state index in [1.807, 2.05) is 0 Å². The molecule has 1 saturated carbocycles. The van der Waals surface area contributed by atoms with Crippen LogP contribution >= 0.6 is 0 Å². The molecule has 0 bridgehead atoms. The maximum atomic E-state index is 11.7. The van der Waals surface area contributed by atoms with Gasteiger partial charge in [0.1, 0.15) is 0 Å². The quantitative estimate of drug-likeness (QED) is 0.578. The molecular formula is C14H24N2O. The smallest absolute Gasteiger partial charge is 0.238 e. The minimum absolute atomic E-state index is 0.111. The third-order valence-corrected chi connectivity index (χ3v) is 3.65. The first-order valence-electron chi connectivity index (χ1n) is 6.64. The number of terminal acetylenes is 1. The zero-order chi connectivity index (χ0) is 12.7. The molecule has 2 atom stereocenters. The van der Waals surface area contributed by atoms with Crippen LogP contribution in [0.4, 0.5) is 0 Å². The summed E-state index contributed by atoms with van der Waals surface area (Å²) >= 11 is 0. The van der Waals surface area contributed by atoms with E-state index < -0.39 is 6.04 Å². The van der Waals surface area contributed by atoms with Gasteiger partial charge in [0.15, 0.2) is 0 Å². The molecule has 1 rings (SSSR count). The molecule has 17 heavy (non-hydrogen) atoms. The summed E-state index contributed by atoms with van der Waals surface area (Å²) in [5, 5.41) is 3.00. The first kappa shape index (κ1) is 14.1. The topological polar surface area (TPSA) is 55.1 Å². The molecule has 3 N–H and O–H groups in total. The molecule has 0 radical (unpaired) electrons. The molecule has 1 aliphatic carbocycles. The monoisotopic (exact) mass is 236 g/mol. The van der Waals surface area contributed by atoms with Gasteiger partial charge in [0.25, 0.3) is 0 Å². The Balaban J connectivity index is 2.39. The number of amides is 1. The van der Waals surface area contributed by atoms with E-state index in [-0.39, 0.29) is 11.9 Å². The number of carbonyl (C=O) groups is 1. The predicted molar refractivity (Wildman–Crippen MR) is 70.2 cm³/mol. The molecule has 0 aromatic rings. The molecule has 0 aromatic heterocycles. The second-order valence-corrected chi connectivity index (χ2v) is 5.06. The van der Waals surface area contributed by atoms with E-state index in [0.717, 1.165) is 0 Å². The van der Waals surface area contributed by atoms with Gasteiger partial charge in [-0.3, -0.25) is 4.79 Å². The average molecular weight is 236 g/mol. The highest BCUT2D eigenvalue weighted by atomic mass is 16.2. The van der Waals surface area contributed by atoms with Crippen LogP contribution in [0.3, 0.4) is 0 Å². The van der Waals surface area contributed by atoms with Crippen molar-refractivity contribution in [1.29, 1.82) is 0 Å². The molecule has 0 aromatic carbocycles. The normalized spacial score (nSPS) is 21.0. The molecule has 0 spiro atoms. The van der Waals surface area contributed by atoms with Crippen LogP contribution in [0.25, 0.3) is 0 Å². The standard InChI is InChI=1S/C14H24N2O/c1-3-8-13(15)14(17)16-11(2)12-9-6-4-5-7-10-12/h1,11-13H,4-10,15H2,2H3,(H,16,17)/t11-,13?/m1/s1. The summed E-state index contributed by atoms with van der Waals surface area (Å²) in [7, 11) is 0. The Kier molecular flexibility index (Phi) is 6.07. The van der Waals surface area contributed by atoms with Gasteiger partial charge in [-0.25, -0.2) is 0 Å². The summed E-state index contributed by atoms with van der Waals surface area (Å²) in [6.45, 7) is 2.08. The summed E-state index contributed by atoms with van der Waals surface area (Å²) in [4.78, 5) is 11.7. The Morgan fingerprint density at radius 2 is 2.00 bits per heavy atom. The lowest BCUT2D eigenvalue weighted by molar-refractivity contribution is -0.123. The van der Waals surface area contributed by atoms with Crippen LogP contribution in [0.15, 0.2) is 0 Å². The van der Waals surface area contributed by atoms with Gasteiger partial charge >= 0.3 is 0 Å². The van der Waals surface area contributed by atoms with E-state index in [0.29, 0.717) is 12.3 Å². The molecule has 1 unspecified atom stereocenters. The Morgan fingerprint density at radius 3 is 2.53 bits per heavy atom. The first-order chi connectivity index (χ1) is 8.15. The van der Waals surface area contributed by atoms with Crippen LogP contribution in [0, 0.1) is 18.3 Å². The fraction of sp³-hybridized carbons (Fsp3) is 0.786. The van der Waals surface area contributed by atoms with Gasteiger partial charge < -0.3 is 11.1 Å². The molecule has 3 nitrogen and oxygen atoms in total. The van der Waals surface area contributed by atoms with Gasteiger partial charge in [-0.2, -0.15) is 0 Å².